The second-order valence-electron chi connectivity index (χ2n) is 4.35. The first-order valence-corrected chi connectivity index (χ1v) is 4.24. The molecule has 0 aromatic rings. The third-order valence-corrected chi connectivity index (χ3v) is 1.50. The van der Waals surface area contributed by atoms with Gasteiger partial charge in [0.25, 0.3) is 0 Å². The normalized spacial score (nSPS) is 18.0. The molecule has 0 aromatic heterocycles. The van der Waals surface area contributed by atoms with Gasteiger partial charge in [0, 0.05) is 10.5 Å². The van der Waals surface area contributed by atoms with E-state index < -0.39 is 6.85 Å². The molecule has 1 heteroatoms. The van der Waals surface area contributed by atoms with Crippen LogP contribution in [0.3, 0.4) is 0 Å². The highest BCUT2D eigenvalue weighted by molar-refractivity contribution is 5.90. The lowest BCUT2D eigenvalue weighted by atomic mass is 9.89. The summed E-state index contributed by atoms with van der Waals surface area (Å²) in [4.78, 5) is 11.4. The van der Waals surface area contributed by atoms with Gasteiger partial charge in [0.1, 0.15) is 0 Å². The quantitative estimate of drug-likeness (QED) is 0.595. The van der Waals surface area contributed by atoms with Crippen molar-refractivity contribution in [3.8, 4) is 0 Å². The summed E-state index contributed by atoms with van der Waals surface area (Å²) in [6, 6.07) is 0. The van der Waals surface area contributed by atoms with Gasteiger partial charge in [-0.05, 0) is 31.7 Å². The van der Waals surface area contributed by atoms with Gasteiger partial charge in [0.05, 0.1) is 0 Å². The molecule has 70 valence electrons. The van der Waals surface area contributed by atoms with Crippen LogP contribution >= 0.6 is 0 Å². The molecule has 0 unspecified atom stereocenters. The molecule has 0 fully saturated rings. The van der Waals surface area contributed by atoms with Crippen LogP contribution < -0.4 is 0 Å². The van der Waals surface area contributed by atoms with Crippen LogP contribution in [-0.2, 0) is 4.79 Å². The zero-order valence-corrected chi connectivity index (χ0v) is 8.40. The molecule has 0 rings (SSSR count). The summed E-state index contributed by atoms with van der Waals surface area (Å²) < 4.78 is 21.3. The molecule has 0 amide bonds. The van der Waals surface area contributed by atoms with Crippen molar-refractivity contribution in [2.45, 2.75) is 47.4 Å². The molecule has 0 aliphatic heterocycles. The number of carbonyl (C=O) groups is 1. The van der Waals surface area contributed by atoms with Crippen molar-refractivity contribution in [1.82, 2.24) is 0 Å². The summed E-state index contributed by atoms with van der Waals surface area (Å²) in [5.74, 6) is -0.0986. The molecule has 1 nitrogen and oxygen atoms in total. The van der Waals surface area contributed by atoms with Crippen LogP contribution in [0.2, 0.25) is 0 Å². The van der Waals surface area contributed by atoms with Crippen LogP contribution in [0.15, 0.2) is 11.6 Å². The Morgan fingerprint density at radius 3 is 2.50 bits per heavy atom. The minimum atomic E-state index is -2.14. The van der Waals surface area contributed by atoms with E-state index in [-0.39, 0.29) is 16.8 Å². The van der Waals surface area contributed by atoms with Crippen molar-refractivity contribution in [3.05, 3.63) is 11.6 Å². The summed E-state index contributed by atoms with van der Waals surface area (Å²) in [6.45, 7) is 5.50. The van der Waals surface area contributed by atoms with Gasteiger partial charge < -0.3 is 0 Å². The van der Waals surface area contributed by atoms with Gasteiger partial charge in [-0.25, -0.2) is 0 Å². The average Bonchev–Trinajstić information content (AvgIpc) is 1.97. The van der Waals surface area contributed by atoms with E-state index in [0.29, 0.717) is 6.42 Å². The average molecular weight is 171 g/mol. The fraction of sp³-hybridized carbons (Fsp3) is 0.727. The maximum Gasteiger partial charge on any atom is 0.155 e. The molecule has 0 aliphatic rings. The van der Waals surface area contributed by atoms with E-state index in [1.807, 2.05) is 0 Å². The maximum absolute atomic E-state index is 11.4. The second-order valence-corrected chi connectivity index (χ2v) is 4.35. The zero-order chi connectivity index (χ0) is 12.3. The lowest BCUT2D eigenvalue weighted by molar-refractivity contribution is -0.115. The Kier molecular flexibility index (Phi) is 2.54. The molecule has 0 N–H and O–H groups in total. The Balaban J connectivity index is 4.27. The third kappa shape index (κ3) is 7.52. The van der Waals surface area contributed by atoms with E-state index in [2.05, 4.69) is 20.8 Å². The minimum Gasteiger partial charge on any atom is -0.295 e. The van der Waals surface area contributed by atoms with E-state index in [1.165, 1.54) is 13.0 Å². The molecule has 0 aromatic carbocycles. The molecule has 0 radical (unpaired) electrons. The van der Waals surface area contributed by atoms with Crippen LogP contribution in [0.4, 0.5) is 0 Å². The van der Waals surface area contributed by atoms with Crippen LogP contribution in [0.5, 0.6) is 0 Å². The van der Waals surface area contributed by atoms with Crippen molar-refractivity contribution in [2.24, 2.45) is 5.41 Å². The van der Waals surface area contributed by atoms with Gasteiger partial charge in [0.15, 0.2) is 5.78 Å². The minimum absolute atomic E-state index is 0.0986. The van der Waals surface area contributed by atoms with E-state index in [0.717, 1.165) is 6.42 Å². The van der Waals surface area contributed by atoms with Gasteiger partial charge in [-0.15, -0.1) is 0 Å². The van der Waals surface area contributed by atoms with Gasteiger partial charge >= 0.3 is 0 Å². The van der Waals surface area contributed by atoms with Crippen LogP contribution in [0.1, 0.15) is 51.5 Å². The summed E-state index contributed by atoms with van der Waals surface area (Å²) in [5.41, 5.74) is 0.276. The fourth-order valence-electron chi connectivity index (χ4n) is 0.812. The van der Waals surface area contributed by atoms with E-state index in [4.69, 9.17) is 4.11 Å². The highest BCUT2D eigenvalue weighted by atomic mass is 16.1. The monoisotopic (exact) mass is 171 g/mol. The first-order chi connectivity index (χ1) is 6.52. The second kappa shape index (κ2) is 4.44. The highest BCUT2D eigenvalue weighted by Gasteiger charge is 2.11. The van der Waals surface area contributed by atoms with Crippen molar-refractivity contribution in [2.75, 3.05) is 0 Å². The number of allylic oxidation sites excluding steroid dienone is 2. The molecule has 0 saturated carbocycles. The first kappa shape index (κ1) is 6.88. The Morgan fingerprint density at radius 2 is 2.08 bits per heavy atom. The van der Waals surface area contributed by atoms with E-state index >= 15 is 0 Å². The number of ketones is 1. The number of hydrogen-bond acceptors (Lipinski definition) is 1. The number of hydrogen-bond donors (Lipinski definition) is 0. The van der Waals surface area contributed by atoms with Gasteiger partial charge in [0.2, 0.25) is 0 Å². The number of rotatable bonds is 3. The van der Waals surface area contributed by atoms with Crippen molar-refractivity contribution >= 4 is 5.78 Å². The molecule has 0 bridgehead atoms. The first-order valence-electron chi connectivity index (χ1n) is 5.74. The molecule has 0 aliphatic carbocycles. The highest BCUT2D eigenvalue weighted by Crippen LogP contribution is 2.20. The molecular weight excluding hydrogens is 148 g/mol. The molecular formula is C11H20O. The summed E-state index contributed by atoms with van der Waals surface area (Å²) in [7, 11) is 0. The Labute approximate surface area is 80.1 Å². The third-order valence-electron chi connectivity index (χ3n) is 1.50. The van der Waals surface area contributed by atoms with Gasteiger partial charge in [-0.1, -0.05) is 26.3 Å². The fourth-order valence-corrected chi connectivity index (χ4v) is 0.812. The van der Waals surface area contributed by atoms with Crippen molar-refractivity contribution < 1.29 is 8.91 Å². The van der Waals surface area contributed by atoms with E-state index in [9.17, 15) is 4.79 Å². The number of carbonyl (C=O) groups excluding carboxylic acids is 1. The zero-order valence-electron chi connectivity index (χ0n) is 11.4. The Bertz CT molecular complexity index is 256. The molecule has 0 spiro atoms. The Morgan fingerprint density at radius 1 is 1.50 bits per heavy atom. The molecule has 0 heterocycles. The van der Waals surface area contributed by atoms with E-state index in [1.54, 1.807) is 0 Å². The predicted molar refractivity (Wildman–Crippen MR) is 53.1 cm³/mol. The standard InChI is InChI=1S/C11H20O/c1-9(2)8-10(12)6-7-11(3,4)5/h8H,6-7H2,1-5H3/i1D3/b9-8+. The van der Waals surface area contributed by atoms with Crippen molar-refractivity contribution in [1.29, 1.82) is 0 Å². The Hall–Kier alpha value is -0.590. The summed E-state index contributed by atoms with van der Waals surface area (Å²) in [6.07, 6.45) is 2.44. The predicted octanol–water partition coefficient (Wildman–Crippen LogP) is 3.35. The lowest BCUT2D eigenvalue weighted by Crippen LogP contribution is -2.07. The lowest BCUT2D eigenvalue weighted by Gasteiger charge is -2.16. The SMILES string of the molecule is [2H]C([2H])([2H])/C(C)=C\C(=O)CCC(C)(C)C. The largest absolute Gasteiger partial charge is 0.295 e. The van der Waals surface area contributed by atoms with Crippen LogP contribution in [-0.4, -0.2) is 5.78 Å². The van der Waals surface area contributed by atoms with Crippen LogP contribution in [0, 0.1) is 5.41 Å². The van der Waals surface area contributed by atoms with Gasteiger partial charge in [-0.3, -0.25) is 4.79 Å². The molecule has 0 saturated heterocycles. The smallest absolute Gasteiger partial charge is 0.155 e. The topological polar surface area (TPSA) is 17.1 Å². The molecule has 0 atom stereocenters. The molecule has 12 heavy (non-hydrogen) atoms. The van der Waals surface area contributed by atoms with Gasteiger partial charge in [-0.2, -0.15) is 0 Å². The maximum atomic E-state index is 11.4. The van der Waals surface area contributed by atoms with Crippen LogP contribution in [0.25, 0.3) is 0 Å². The summed E-state index contributed by atoms with van der Waals surface area (Å²) >= 11 is 0. The summed E-state index contributed by atoms with van der Waals surface area (Å²) in [5, 5.41) is 0. The van der Waals surface area contributed by atoms with Crippen molar-refractivity contribution in [3.63, 3.8) is 0 Å².